The summed E-state index contributed by atoms with van der Waals surface area (Å²) in [7, 11) is 0. The molecule has 0 unspecified atom stereocenters. The Balaban J connectivity index is 1.54. The molecule has 1 amide bonds. The molecule has 2 N–H and O–H groups in total. The van der Waals surface area contributed by atoms with E-state index in [4.69, 9.17) is 4.74 Å². The molecule has 0 radical (unpaired) electrons. The molecule has 0 aliphatic carbocycles. The zero-order chi connectivity index (χ0) is 17.5. The number of benzene rings is 2. The van der Waals surface area contributed by atoms with Crippen LogP contribution in [0.5, 0.6) is 5.75 Å². The summed E-state index contributed by atoms with van der Waals surface area (Å²) in [4.78, 5) is 11.8. The molecule has 0 saturated carbocycles. The number of carbonyl (C=O) groups excluding carboxylic acids is 1. The summed E-state index contributed by atoms with van der Waals surface area (Å²) in [5, 5.41) is 14.6. The van der Waals surface area contributed by atoms with Crippen molar-refractivity contribution in [2.45, 2.75) is 6.92 Å². The average Bonchev–Trinajstić information content (AvgIpc) is 3.10. The minimum atomic E-state index is -0.360. The molecule has 0 bridgehead atoms. The van der Waals surface area contributed by atoms with E-state index < -0.39 is 0 Å². The minimum Gasteiger partial charge on any atom is -0.484 e. The number of hydrogen-bond acceptors (Lipinski definition) is 5. The van der Waals surface area contributed by atoms with E-state index in [1.165, 1.54) is 6.21 Å². The predicted octanol–water partition coefficient (Wildman–Crippen LogP) is 2.31. The summed E-state index contributed by atoms with van der Waals surface area (Å²) >= 11 is 0. The third-order valence-corrected chi connectivity index (χ3v) is 3.39. The highest BCUT2D eigenvalue weighted by atomic mass is 16.5. The minimum absolute atomic E-state index is 0.120. The van der Waals surface area contributed by atoms with Crippen molar-refractivity contribution in [1.29, 1.82) is 0 Å². The van der Waals surface area contributed by atoms with Crippen LogP contribution in [0, 0.1) is 6.92 Å². The van der Waals surface area contributed by atoms with Crippen molar-refractivity contribution in [1.82, 2.24) is 20.8 Å². The zero-order valence-corrected chi connectivity index (χ0v) is 13.6. The molecule has 2 aromatic carbocycles. The summed E-state index contributed by atoms with van der Waals surface area (Å²) in [6.07, 6.45) is 1.44. The average molecular weight is 335 g/mol. The van der Waals surface area contributed by atoms with Crippen molar-refractivity contribution in [2.75, 3.05) is 6.61 Å². The van der Waals surface area contributed by atoms with Crippen molar-refractivity contribution in [3.63, 3.8) is 0 Å². The predicted molar refractivity (Wildman–Crippen MR) is 94.2 cm³/mol. The fourth-order valence-corrected chi connectivity index (χ4v) is 2.12. The van der Waals surface area contributed by atoms with Gasteiger partial charge in [0.2, 0.25) is 0 Å². The number of aryl methyl sites for hydroxylation is 1. The van der Waals surface area contributed by atoms with E-state index in [1.54, 1.807) is 0 Å². The van der Waals surface area contributed by atoms with Crippen LogP contribution in [0.2, 0.25) is 0 Å². The first-order valence-electron chi connectivity index (χ1n) is 7.70. The Bertz CT molecular complexity index is 857. The number of aromatic amines is 1. The van der Waals surface area contributed by atoms with Crippen LogP contribution in [0.25, 0.3) is 11.3 Å². The van der Waals surface area contributed by atoms with E-state index in [2.05, 4.69) is 25.9 Å². The van der Waals surface area contributed by atoms with Crippen molar-refractivity contribution in [2.24, 2.45) is 5.10 Å². The molecule has 25 heavy (non-hydrogen) atoms. The van der Waals surface area contributed by atoms with Gasteiger partial charge in [0.1, 0.15) is 17.1 Å². The molecule has 7 nitrogen and oxygen atoms in total. The smallest absolute Gasteiger partial charge is 0.277 e. The second kappa shape index (κ2) is 7.87. The van der Waals surface area contributed by atoms with Crippen LogP contribution in [0.15, 0.2) is 59.7 Å². The Morgan fingerprint density at radius 2 is 1.92 bits per heavy atom. The number of hydrogen-bond donors (Lipinski definition) is 2. The first kappa shape index (κ1) is 16.4. The molecular formula is C18H17N5O2. The van der Waals surface area contributed by atoms with Gasteiger partial charge < -0.3 is 4.74 Å². The molecule has 0 aliphatic heterocycles. The number of amides is 1. The lowest BCUT2D eigenvalue weighted by Crippen LogP contribution is -2.24. The fourth-order valence-electron chi connectivity index (χ4n) is 2.12. The lowest BCUT2D eigenvalue weighted by molar-refractivity contribution is -0.123. The van der Waals surface area contributed by atoms with Crippen LogP contribution in [0.4, 0.5) is 0 Å². The Morgan fingerprint density at radius 1 is 1.16 bits per heavy atom. The van der Waals surface area contributed by atoms with E-state index in [-0.39, 0.29) is 12.5 Å². The molecule has 0 spiro atoms. The summed E-state index contributed by atoms with van der Waals surface area (Å²) in [5.41, 5.74) is 5.64. The molecular weight excluding hydrogens is 318 g/mol. The number of aromatic nitrogens is 3. The maximum Gasteiger partial charge on any atom is 0.277 e. The van der Waals surface area contributed by atoms with Crippen LogP contribution in [0.3, 0.4) is 0 Å². The van der Waals surface area contributed by atoms with Crippen molar-refractivity contribution in [3.05, 3.63) is 65.9 Å². The maximum atomic E-state index is 11.8. The Morgan fingerprint density at radius 3 is 2.68 bits per heavy atom. The van der Waals surface area contributed by atoms with Gasteiger partial charge in [-0.05, 0) is 19.1 Å². The monoisotopic (exact) mass is 335 g/mol. The second-order valence-corrected chi connectivity index (χ2v) is 5.32. The molecule has 7 heteroatoms. The topological polar surface area (TPSA) is 92.3 Å². The number of nitrogens with zero attached hydrogens (tertiary/aromatic N) is 3. The lowest BCUT2D eigenvalue weighted by Gasteiger charge is -2.04. The first-order valence-corrected chi connectivity index (χ1v) is 7.70. The lowest BCUT2D eigenvalue weighted by atomic mass is 10.1. The Hall–Kier alpha value is -3.48. The van der Waals surface area contributed by atoms with Crippen molar-refractivity contribution >= 4 is 12.1 Å². The summed E-state index contributed by atoms with van der Waals surface area (Å²) < 4.78 is 5.38. The van der Waals surface area contributed by atoms with E-state index in [1.807, 2.05) is 61.5 Å². The fraction of sp³-hybridized carbons (Fsp3) is 0.111. The standard InChI is InChI=1S/C18H17N5O2/c1-13-7-9-15(10-8-13)25-12-17(24)21-19-11-16-18(22-23-20-16)14-5-3-2-4-6-14/h2-11H,12H2,1H3,(H,21,24)(H,20,22,23). The molecule has 1 aromatic heterocycles. The Labute approximate surface area is 144 Å². The quantitative estimate of drug-likeness (QED) is 0.534. The Kier molecular flexibility index (Phi) is 5.16. The molecule has 1 heterocycles. The highest BCUT2D eigenvalue weighted by Gasteiger charge is 2.08. The van der Waals surface area contributed by atoms with E-state index in [9.17, 15) is 4.79 Å². The normalized spacial score (nSPS) is 10.8. The van der Waals surface area contributed by atoms with Crippen molar-refractivity contribution in [3.8, 4) is 17.0 Å². The van der Waals surface area contributed by atoms with Gasteiger partial charge >= 0.3 is 0 Å². The van der Waals surface area contributed by atoms with E-state index in [0.717, 1.165) is 11.1 Å². The highest BCUT2D eigenvalue weighted by molar-refractivity contribution is 5.87. The van der Waals surface area contributed by atoms with Crippen LogP contribution in [-0.4, -0.2) is 34.1 Å². The van der Waals surface area contributed by atoms with Gasteiger partial charge in [0.15, 0.2) is 6.61 Å². The number of ether oxygens (including phenoxy) is 1. The molecule has 0 fully saturated rings. The molecule has 126 valence electrons. The van der Waals surface area contributed by atoms with Crippen LogP contribution < -0.4 is 10.2 Å². The van der Waals surface area contributed by atoms with Gasteiger partial charge in [-0.15, -0.1) is 0 Å². The van der Waals surface area contributed by atoms with Gasteiger partial charge in [-0.3, -0.25) is 4.79 Å². The van der Waals surface area contributed by atoms with Gasteiger partial charge in [-0.2, -0.15) is 20.5 Å². The van der Waals surface area contributed by atoms with Gasteiger partial charge in [0, 0.05) is 5.56 Å². The van der Waals surface area contributed by atoms with Gasteiger partial charge in [-0.1, -0.05) is 48.0 Å². The third kappa shape index (κ3) is 4.51. The first-order chi connectivity index (χ1) is 12.2. The molecule has 0 saturated heterocycles. The van der Waals surface area contributed by atoms with Gasteiger partial charge in [0.05, 0.1) is 6.21 Å². The SMILES string of the molecule is Cc1ccc(OCC(=O)NN=Cc2n[nH]nc2-c2ccccc2)cc1. The van der Waals surface area contributed by atoms with Crippen LogP contribution >= 0.6 is 0 Å². The number of rotatable bonds is 6. The molecule has 0 aliphatic rings. The molecule has 0 atom stereocenters. The van der Waals surface area contributed by atoms with E-state index in [0.29, 0.717) is 17.1 Å². The summed E-state index contributed by atoms with van der Waals surface area (Å²) in [5.74, 6) is 0.272. The zero-order valence-electron chi connectivity index (χ0n) is 13.6. The second-order valence-electron chi connectivity index (χ2n) is 5.32. The maximum absolute atomic E-state index is 11.8. The largest absolute Gasteiger partial charge is 0.484 e. The molecule has 3 aromatic rings. The highest BCUT2D eigenvalue weighted by Crippen LogP contribution is 2.17. The number of carbonyl (C=O) groups is 1. The van der Waals surface area contributed by atoms with Crippen LogP contribution in [-0.2, 0) is 4.79 Å². The van der Waals surface area contributed by atoms with Gasteiger partial charge in [-0.25, -0.2) is 5.43 Å². The van der Waals surface area contributed by atoms with Gasteiger partial charge in [0.25, 0.3) is 5.91 Å². The summed E-state index contributed by atoms with van der Waals surface area (Å²) in [6.45, 7) is 1.86. The third-order valence-electron chi connectivity index (χ3n) is 3.39. The molecule has 3 rings (SSSR count). The van der Waals surface area contributed by atoms with Crippen LogP contribution in [0.1, 0.15) is 11.3 Å². The van der Waals surface area contributed by atoms with Crippen molar-refractivity contribution < 1.29 is 9.53 Å². The summed E-state index contributed by atoms with van der Waals surface area (Å²) in [6, 6.07) is 17.0. The number of hydrazone groups is 1. The van der Waals surface area contributed by atoms with E-state index >= 15 is 0 Å². The number of nitrogens with one attached hydrogen (secondary N) is 2. The number of H-pyrrole nitrogens is 1.